The van der Waals surface area contributed by atoms with Crippen LogP contribution >= 0.6 is 22.9 Å². The molecule has 9 nitrogen and oxygen atoms in total. The lowest BCUT2D eigenvalue weighted by Gasteiger charge is -2.12. The van der Waals surface area contributed by atoms with Gasteiger partial charge in [-0.1, -0.05) is 11.6 Å². The van der Waals surface area contributed by atoms with Crippen molar-refractivity contribution in [2.24, 2.45) is 4.99 Å². The van der Waals surface area contributed by atoms with Crippen LogP contribution in [0.1, 0.15) is 5.01 Å². The van der Waals surface area contributed by atoms with Gasteiger partial charge in [0, 0.05) is 28.3 Å². The van der Waals surface area contributed by atoms with Gasteiger partial charge >= 0.3 is 0 Å². The highest BCUT2D eigenvalue weighted by Gasteiger charge is 2.18. The number of benzene rings is 2. The Morgan fingerprint density at radius 2 is 2.00 bits per heavy atom. The quantitative estimate of drug-likeness (QED) is 0.359. The van der Waals surface area contributed by atoms with Crippen molar-refractivity contribution in [1.29, 1.82) is 0 Å². The molecule has 0 radical (unpaired) electrons. The molecule has 0 bridgehead atoms. The summed E-state index contributed by atoms with van der Waals surface area (Å²) in [4.78, 5) is 17.2. The van der Waals surface area contributed by atoms with E-state index in [0.717, 1.165) is 27.3 Å². The predicted octanol–water partition coefficient (Wildman–Crippen LogP) is 4.22. The molecular formula is C22H19ClN6O3S. The molecule has 1 aliphatic rings. The summed E-state index contributed by atoms with van der Waals surface area (Å²) in [5.74, 6) is 1.20. The maximum Gasteiger partial charge on any atom is 0.289 e. The van der Waals surface area contributed by atoms with E-state index in [2.05, 4.69) is 30.6 Å². The molecule has 0 spiro atoms. The second-order valence-electron chi connectivity index (χ2n) is 7.15. The fraction of sp³-hybridized carbons (Fsp3) is 0.182. The summed E-state index contributed by atoms with van der Waals surface area (Å²) in [6, 6.07) is 11.3. The van der Waals surface area contributed by atoms with Crippen molar-refractivity contribution >= 4 is 57.1 Å². The lowest BCUT2D eigenvalue weighted by molar-refractivity contribution is 0.227. The normalized spacial score (nSPS) is 15.2. The van der Waals surface area contributed by atoms with Crippen LogP contribution in [-0.2, 0) is 11.3 Å². The topological polar surface area (TPSA) is 114 Å². The van der Waals surface area contributed by atoms with E-state index >= 15 is 0 Å². The van der Waals surface area contributed by atoms with E-state index < -0.39 is 0 Å². The first kappa shape index (κ1) is 21.4. The maximum absolute atomic E-state index is 9.22. The van der Waals surface area contributed by atoms with Crippen molar-refractivity contribution in [1.82, 2.24) is 15.0 Å². The number of rotatable bonds is 7. The minimum atomic E-state index is -0.244. The van der Waals surface area contributed by atoms with Gasteiger partial charge < -0.3 is 25.2 Å². The number of anilines is 3. The average Bonchev–Trinajstić information content (AvgIpc) is 3.51. The van der Waals surface area contributed by atoms with Crippen LogP contribution in [0.3, 0.4) is 0 Å². The lowest BCUT2D eigenvalue weighted by atomic mass is 10.2. The van der Waals surface area contributed by atoms with Crippen LogP contribution in [0.2, 0.25) is 5.02 Å². The van der Waals surface area contributed by atoms with Crippen molar-refractivity contribution < 1.29 is 14.6 Å². The van der Waals surface area contributed by atoms with Crippen LogP contribution in [-0.4, -0.2) is 45.3 Å². The first-order valence-corrected chi connectivity index (χ1v) is 11.3. The summed E-state index contributed by atoms with van der Waals surface area (Å²) in [5, 5.41) is 19.7. The molecule has 11 heteroatoms. The van der Waals surface area contributed by atoms with Gasteiger partial charge in [0.2, 0.25) is 0 Å². The van der Waals surface area contributed by atoms with Crippen molar-refractivity contribution in [3.8, 4) is 5.75 Å². The molecule has 168 valence electrons. The second-order valence-corrected chi connectivity index (χ2v) is 8.53. The Morgan fingerprint density at radius 1 is 1.12 bits per heavy atom. The number of amidine groups is 1. The minimum absolute atomic E-state index is 0.0535. The molecule has 1 atom stereocenters. The fourth-order valence-electron chi connectivity index (χ4n) is 3.23. The molecule has 5 rings (SSSR count). The second kappa shape index (κ2) is 9.57. The van der Waals surface area contributed by atoms with Gasteiger partial charge in [-0.05, 0) is 36.4 Å². The summed E-state index contributed by atoms with van der Waals surface area (Å²) in [6.45, 7) is 0.666. The van der Waals surface area contributed by atoms with Crippen molar-refractivity contribution in [2.45, 2.75) is 12.6 Å². The van der Waals surface area contributed by atoms with Crippen molar-refractivity contribution in [2.75, 3.05) is 23.8 Å². The number of halogens is 1. The molecule has 0 aliphatic carbocycles. The molecule has 33 heavy (non-hydrogen) atoms. The van der Waals surface area contributed by atoms with E-state index in [1.54, 1.807) is 12.3 Å². The Hall–Kier alpha value is -3.47. The summed E-state index contributed by atoms with van der Waals surface area (Å²) in [5.41, 5.74) is 2.30. The van der Waals surface area contributed by atoms with Gasteiger partial charge in [0.15, 0.2) is 0 Å². The lowest BCUT2D eigenvalue weighted by Crippen LogP contribution is -2.12. The van der Waals surface area contributed by atoms with Gasteiger partial charge in [0.1, 0.15) is 42.2 Å². The van der Waals surface area contributed by atoms with E-state index in [4.69, 9.17) is 21.1 Å². The van der Waals surface area contributed by atoms with Crippen LogP contribution in [0, 0.1) is 0 Å². The summed E-state index contributed by atoms with van der Waals surface area (Å²) in [6.07, 6.45) is 3.24. The number of ether oxygens (including phenoxy) is 2. The standard InChI is InChI=1S/C22H19ClN6O3S/c23-17-8-14(2-4-19(17)31-11-20-24-5-6-33-20)27-21-16-7-13(1-3-18(16)25-12-26-21)28-22-29-15(9-30)10-32-22/h1-8,12,15,30H,9-11H2,(H,28,29)(H,25,26,27). The van der Waals surface area contributed by atoms with Crippen LogP contribution in [0.4, 0.5) is 17.2 Å². The highest BCUT2D eigenvalue weighted by molar-refractivity contribution is 7.09. The first-order chi connectivity index (χ1) is 16.2. The Bertz CT molecular complexity index is 1300. The van der Waals surface area contributed by atoms with E-state index in [0.29, 0.717) is 35.8 Å². The smallest absolute Gasteiger partial charge is 0.289 e. The van der Waals surface area contributed by atoms with E-state index in [9.17, 15) is 5.11 Å². The zero-order chi connectivity index (χ0) is 22.6. The number of fused-ring (bicyclic) bond motifs is 1. The molecule has 0 fully saturated rings. The van der Waals surface area contributed by atoms with Crippen LogP contribution in [0.15, 0.2) is 59.3 Å². The number of aliphatic imine (C=N–C) groups is 1. The van der Waals surface area contributed by atoms with Gasteiger partial charge in [-0.2, -0.15) is 0 Å². The first-order valence-electron chi connectivity index (χ1n) is 10.1. The molecule has 4 aromatic rings. The number of aromatic nitrogens is 3. The molecule has 2 aromatic carbocycles. The Kier molecular flexibility index (Phi) is 6.20. The number of aliphatic hydroxyl groups excluding tert-OH is 1. The zero-order valence-corrected chi connectivity index (χ0v) is 18.8. The van der Waals surface area contributed by atoms with Crippen LogP contribution in [0.25, 0.3) is 10.9 Å². The molecule has 1 aliphatic heterocycles. The molecule has 3 N–H and O–H groups in total. The van der Waals surface area contributed by atoms with Gasteiger partial charge in [-0.3, -0.25) is 0 Å². The Labute approximate surface area is 198 Å². The number of nitrogens with zero attached hydrogens (tertiary/aromatic N) is 4. The monoisotopic (exact) mass is 482 g/mol. The summed E-state index contributed by atoms with van der Waals surface area (Å²) < 4.78 is 11.2. The third-order valence-electron chi connectivity index (χ3n) is 4.84. The van der Waals surface area contributed by atoms with Gasteiger partial charge in [0.05, 0.1) is 17.1 Å². The van der Waals surface area contributed by atoms with Gasteiger partial charge in [-0.15, -0.1) is 11.3 Å². The average molecular weight is 483 g/mol. The van der Waals surface area contributed by atoms with E-state index in [1.165, 1.54) is 17.7 Å². The summed E-state index contributed by atoms with van der Waals surface area (Å²) >= 11 is 7.96. The number of nitrogens with one attached hydrogen (secondary N) is 2. The van der Waals surface area contributed by atoms with Crippen LogP contribution < -0.4 is 15.4 Å². The maximum atomic E-state index is 9.22. The Morgan fingerprint density at radius 3 is 2.79 bits per heavy atom. The number of hydrogen-bond acceptors (Lipinski definition) is 10. The van der Waals surface area contributed by atoms with Gasteiger partial charge in [-0.25, -0.2) is 19.9 Å². The molecule has 2 aromatic heterocycles. The highest BCUT2D eigenvalue weighted by Crippen LogP contribution is 2.31. The number of hydrogen-bond donors (Lipinski definition) is 3. The molecule has 0 saturated heterocycles. The van der Waals surface area contributed by atoms with Crippen LogP contribution in [0.5, 0.6) is 5.75 Å². The third-order valence-corrected chi connectivity index (χ3v) is 5.89. The number of aliphatic hydroxyl groups is 1. The molecular weight excluding hydrogens is 464 g/mol. The third kappa shape index (κ3) is 4.98. The van der Waals surface area contributed by atoms with Gasteiger partial charge in [0.25, 0.3) is 6.02 Å². The van der Waals surface area contributed by atoms with Crippen molar-refractivity contribution in [3.63, 3.8) is 0 Å². The summed E-state index contributed by atoms with van der Waals surface area (Å²) in [7, 11) is 0. The molecule has 3 heterocycles. The minimum Gasteiger partial charge on any atom is -0.485 e. The highest BCUT2D eigenvalue weighted by atomic mass is 35.5. The fourth-order valence-corrected chi connectivity index (χ4v) is 3.99. The molecule has 0 amide bonds. The molecule has 1 unspecified atom stereocenters. The predicted molar refractivity (Wildman–Crippen MR) is 129 cm³/mol. The molecule has 0 saturated carbocycles. The zero-order valence-electron chi connectivity index (χ0n) is 17.2. The number of thiazole rings is 1. The van der Waals surface area contributed by atoms with E-state index in [-0.39, 0.29) is 12.6 Å². The van der Waals surface area contributed by atoms with E-state index in [1.807, 2.05) is 35.7 Å². The largest absolute Gasteiger partial charge is 0.485 e. The van der Waals surface area contributed by atoms with Crippen molar-refractivity contribution in [3.05, 3.63) is 64.3 Å². The Balaban J connectivity index is 1.34. The SMILES string of the molecule is OCC1COC(Nc2ccc3ncnc(Nc4ccc(OCc5nccs5)c(Cl)c4)c3c2)=N1.